The van der Waals surface area contributed by atoms with Gasteiger partial charge >= 0.3 is 14.0 Å². The van der Waals surface area contributed by atoms with E-state index in [9.17, 15) is 5.02 Å². The van der Waals surface area contributed by atoms with E-state index >= 15 is 0 Å². The van der Waals surface area contributed by atoms with E-state index in [0.717, 1.165) is 38.3 Å². The molecule has 5 rings (SSSR count). The van der Waals surface area contributed by atoms with Gasteiger partial charge in [0.2, 0.25) is 0 Å². The standard InChI is InChI=1S/C24H24B2O3/c1-23(2)24(3,4)29-26(28-23)22-18-14-8-12-16-13-9-15-19(20(16)18)25(27)21(22)17-10-6-5-7-11-17/h5-15,27H,1-4H3. The van der Waals surface area contributed by atoms with Crippen molar-refractivity contribution in [3.8, 4) is 0 Å². The lowest BCUT2D eigenvalue weighted by molar-refractivity contribution is 0.00578. The number of rotatable bonds is 2. The first-order valence-corrected chi connectivity index (χ1v) is 10.2. The molecule has 29 heavy (non-hydrogen) atoms. The molecule has 0 aromatic heterocycles. The molecule has 0 atom stereocenters. The summed E-state index contributed by atoms with van der Waals surface area (Å²) in [4.78, 5) is 0. The minimum Gasteiger partial charge on any atom is -0.443 e. The zero-order valence-electron chi connectivity index (χ0n) is 17.3. The van der Waals surface area contributed by atoms with E-state index in [1.807, 2.05) is 42.5 Å². The second kappa shape index (κ2) is 6.33. The summed E-state index contributed by atoms with van der Waals surface area (Å²) in [7, 11) is -0.552. The van der Waals surface area contributed by atoms with E-state index in [2.05, 4.69) is 52.0 Å². The van der Waals surface area contributed by atoms with Crippen LogP contribution in [0.2, 0.25) is 0 Å². The van der Waals surface area contributed by atoms with Gasteiger partial charge in [-0.3, -0.25) is 0 Å². The molecular formula is C24H24B2O3. The molecule has 0 aliphatic carbocycles. The van der Waals surface area contributed by atoms with Gasteiger partial charge in [0.15, 0.2) is 0 Å². The fourth-order valence-corrected chi connectivity index (χ4v) is 4.42. The van der Waals surface area contributed by atoms with Gasteiger partial charge in [0.1, 0.15) is 0 Å². The minimum absolute atomic E-state index is 0.456. The molecule has 0 bridgehead atoms. The molecule has 3 aromatic carbocycles. The normalized spacial score (nSPS) is 19.9. The van der Waals surface area contributed by atoms with Crippen LogP contribution < -0.4 is 5.46 Å². The number of hydrogen-bond acceptors (Lipinski definition) is 3. The van der Waals surface area contributed by atoms with Gasteiger partial charge in [0, 0.05) is 0 Å². The minimum atomic E-state index is -0.745. The average Bonchev–Trinajstić information content (AvgIpc) is 2.92. The third kappa shape index (κ3) is 2.72. The maximum Gasteiger partial charge on any atom is 0.495 e. The predicted molar refractivity (Wildman–Crippen MR) is 121 cm³/mol. The largest absolute Gasteiger partial charge is 0.495 e. The van der Waals surface area contributed by atoms with Gasteiger partial charge in [-0.2, -0.15) is 0 Å². The van der Waals surface area contributed by atoms with E-state index in [1.165, 1.54) is 0 Å². The first-order valence-electron chi connectivity index (χ1n) is 10.2. The van der Waals surface area contributed by atoms with Crippen molar-refractivity contribution in [2.75, 3.05) is 0 Å². The van der Waals surface area contributed by atoms with Crippen molar-refractivity contribution in [3.63, 3.8) is 0 Å². The Kier molecular flexibility index (Phi) is 4.08. The molecule has 1 N–H and O–H groups in total. The first kappa shape index (κ1) is 18.7. The maximum atomic E-state index is 11.5. The quantitative estimate of drug-likeness (QED) is 0.678. The van der Waals surface area contributed by atoms with Gasteiger partial charge in [-0.05, 0) is 66.0 Å². The molecule has 1 fully saturated rings. The van der Waals surface area contributed by atoms with E-state index in [4.69, 9.17) is 9.31 Å². The van der Waals surface area contributed by atoms with Gasteiger partial charge in [-0.1, -0.05) is 66.7 Å². The van der Waals surface area contributed by atoms with Gasteiger partial charge in [-0.15, -0.1) is 0 Å². The van der Waals surface area contributed by atoms with E-state index in [-0.39, 0.29) is 0 Å². The third-order valence-corrected chi connectivity index (χ3v) is 6.66. The van der Waals surface area contributed by atoms with Crippen LogP contribution in [0.4, 0.5) is 0 Å². The summed E-state index contributed by atoms with van der Waals surface area (Å²) in [6.45, 7) is 7.49. The average molecular weight is 382 g/mol. The van der Waals surface area contributed by atoms with Gasteiger partial charge in [-0.25, -0.2) is 0 Å². The first-order chi connectivity index (χ1) is 13.8. The zero-order valence-corrected chi connectivity index (χ0v) is 17.3. The molecule has 0 radical (unpaired) electrons. The summed E-state index contributed by atoms with van der Waals surface area (Å²) in [5.74, 6) is 0. The van der Waals surface area contributed by atoms with Crippen molar-refractivity contribution in [2.24, 2.45) is 0 Å². The highest BCUT2D eigenvalue weighted by molar-refractivity contribution is 6.93. The Morgan fingerprint density at radius 2 is 1.34 bits per heavy atom. The van der Waals surface area contributed by atoms with Gasteiger partial charge < -0.3 is 14.3 Å². The molecule has 3 aromatic rings. The Bertz CT molecular complexity index is 1110. The Morgan fingerprint density at radius 3 is 2.00 bits per heavy atom. The summed E-state index contributed by atoms with van der Waals surface area (Å²) in [6.07, 6.45) is 0. The Hall–Kier alpha value is -2.33. The zero-order chi connectivity index (χ0) is 20.4. The lowest BCUT2D eigenvalue weighted by atomic mass is 9.44. The monoisotopic (exact) mass is 382 g/mol. The lowest BCUT2D eigenvalue weighted by Crippen LogP contribution is -2.41. The smallest absolute Gasteiger partial charge is 0.443 e. The fraction of sp³-hybridized carbons (Fsp3) is 0.250. The van der Waals surface area contributed by atoms with Crippen LogP contribution in [0.5, 0.6) is 0 Å². The van der Waals surface area contributed by atoms with Crippen LogP contribution in [0.15, 0.2) is 66.7 Å². The molecule has 0 amide bonds. The van der Waals surface area contributed by atoms with Crippen LogP contribution >= 0.6 is 0 Å². The Labute approximate surface area is 172 Å². The third-order valence-electron chi connectivity index (χ3n) is 6.66. The van der Waals surface area contributed by atoms with Crippen LogP contribution in [0.3, 0.4) is 0 Å². The van der Waals surface area contributed by atoms with Crippen molar-refractivity contribution >= 4 is 41.2 Å². The van der Waals surface area contributed by atoms with Crippen molar-refractivity contribution < 1.29 is 14.3 Å². The maximum absolute atomic E-state index is 11.5. The fourth-order valence-electron chi connectivity index (χ4n) is 4.42. The molecule has 2 aliphatic rings. The molecule has 0 spiro atoms. The van der Waals surface area contributed by atoms with Crippen molar-refractivity contribution in [1.82, 2.24) is 0 Å². The van der Waals surface area contributed by atoms with Crippen LogP contribution in [0, 0.1) is 0 Å². The van der Waals surface area contributed by atoms with E-state index < -0.39 is 25.2 Å². The van der Waals surface area contributed by atoms with Crippen LogP contribution in [0.1, 0.15) is 38.8 Å². The van der Waals surface area contributed by atoms with Crippen LogP contribution in [-0.4, -0.2) is 30.3 Å². The second-order valence-corrected chi connectivity index (χ2v) is 8.94. The molecule has 0 saturated carbocycles. The molecule has 3 nitrogen and oxygen atoms in total. The summed E-state index contributed by atoms with van der Waals surface area (Å²) in [5.41, 5.74) is 3.85. The van der Waals surface area contributed by atoms with Crippen LogP contribution in [-0.2, 0) is 9.31 Å². The predicted octanol–water partition coefficient (Wildman–Crippen LogP) is 4.13. The highest BCUT2D eigenvalue weighted by atomic mass is 16.7. The summed E-state index contributed by atoms with van der Waals surface area (Å²) < 4.78 is 12.9. The second-order valence-electron chi connectivity index (χ2n) is 8.94. The Balaban J connectivity index is 1.82. The molecule has 2 aliphatic heterocycles. The SMILES string of the molecule is CC1(C)OB(C2=C(c3ccccc3)B(O)c3cccc4cccc2c34)OC1(C)C. The molecular weight excluding hydrogens is 358 g/mol. The van der Waals surface area contributed by atoms with Gasteiger partial charge in [0.25, 0.3) is 0 Å². The molecule has 1 saturated heterocycles. The summed E-state index contributed by atoms with van der Waals surface area (Å²) >= 11 is 0. The van der Waals surface area contributed by atoms with E-state index in [1.54, 1.807) is 0 Å². The van der Waals surface area contributed by atoms with Crippen molar-refractivity contribution in [2.45, 2.75) is 38.9 Å². The van der Waals surface area contributed by atoms with E-state index in [0.29, 0.717) is 0 Å². The highest BCUT2D eigenvalue weighted by Gasteiger charge is 2.54. The topological polar surface area (TPSA) is 38.7 Å². The summed E-state index contributed by atoms with van der Waals surface area (Å²) in [6, 6.07) is 22.4. The Morgan fingerprint density at radius 1 is 0.724 bits per heavy atom. The number of benzene rings is 3. The molecule has 5 heteroatoms. The molecule has 2 heterocycles. The van der Waals surface area contributed by atoms with Gasteiger partial charge in [0.05, 0.1) is 11.2 Å². The lowest BCUT2D eigenvalue weighted by Gasteiger charge is -2.32. The highest BCUT2D eigenvalue weighted by Crippen LogP contribution is 2.45. The molecule has 144 valence electrons. The molecule has 0 unspecified atom stereocenters. The van der Waals surface area contributed by atoms with Crippen LogP contribution in [0.25, 0.3) is 21.7 Å². The summed E-state index contributed by atoms with van der Waals surface area (Å²) in [5, 5.41) is 13.7. The number of hydrogen-bond donors (Lipinski definition) is 1. The van der Waals surface area contributed by atoms with Crippen molar-refractivity contribution in [1.29, 1.82) is 0 Å². The van der Waals surface area contributed by atoms with Crippen molar-refractivity contribution in [3.05, 3.63) is 77.9 Å².